The van der Waals surface area contributed by atoms with Crippen LogP contribution in [0.5, 0.6) is 0 Å². The highest BCUT2D eigenvalue weighted by molar-refractivity contribution is 7.99. The lowest BCUT2D eigenvalue weighted by atomic mass is 10.2. The summed E-state index contributed by atoms with van der Waals surface area (Å²) in [5, 5.41) is 0. The predicted octanol–water partition coefficient (Wildman–Crippen LogP) is 1.93. The van der Waals surface area contributed by atoms with E-state index in [2.05, 4.69) is 19.3 Å². The Labute approximate surface area is 91.2 Å². The molecule has 1 amide bonds. The van der Waals surface area contributed by atoms with E-state index in [0.29, 0.717) is 6.42 Å². The average Bonchev–Trinajstić information content (AvgIpc) is 2.15. The molecule has 4 heteroatoms. The molecule has 84 valence electrons. The Morgan fingerprint density at radius 3 is 2.64 bits per heavy atom. The van der Waals surface area contributed by atoms with Gasteiger partial charge in [-0.25, -0.2) is 5.84 Å². The van der Waals surface area contributed by atoms with Gasteiger partial charge < -0.3 is 0 Å². The van der Waals surface area contributed by atoms with Crippen LogP contribution in [-0.4, -0.2) is 17.4 Å². The molecular weight excluding hydrogens is 196 g/mol. The molecule has 0 radical (unpaired) electrons. The molecule has 0 aliphatic carbocycles. The molecule has 0 atom stereocenters. The van der Waals surface area contributed by atoms with Crippen LogP contribution in [0.3, 0.4) is 0 Å². The third kappa shape index (κ3) is 9.86. The minimum atomic E-state index is -0.0582. The number of thioether (sulfide) groups is 1. The molecule has 0 saturated heterocycles. The second-order valence-corrected chi connectivity index (χ2v) is 5.04. The second kappa shape index (κ2) is 9.34. The van der Waals surface area contributed by atoms with Crippen LogP contribution >= 0.6 is 11.8 Å². The summed E-state index contributed by atoms with van der Waals surface area (Å²) >= 11 is 1.98. The van der Waals surface area contributed by atoms with E-state index in [1.54, 1.807) is 0 Å². The molecule has 0 aliphatic heterocycles. The van der Waals surface area contributed by atoms with Gasteiger partial charge in [-0.3, -0.25) is 10.2 Å². The van der Waals surface area contributed by atoms with Crippen molar-refractivity contribution < 1.29 is 4.79 Å². The van der Waals surface area contributed by atoms with E-state index >= 15 is 0 Å². The maximum Gasteiger partial charge on any atom is 0.233 e. The zero-order valence-corrected chi connectivity index (χ0v) is 10.0. The molecule has 14 heavy (non-hydrogen) atoms. The van der Waals surface area contributed by atoms with Crippen molar-refractivity contribution in [1.29, 1.82) is 0 Å². The van der Waals surface area contributed by atoms with Crippen LogP contribution in [0.1, 0.15) is 39.5 Å². The molecule has 0 heterocycles. The molecule has 3 N–H and O–H groups in total. The Kier molecular flexibility index (Phi) is 9.19. The number of hydrazine groups is 1. The number of rotatable bonds is 8. The summed E-state index contributed by atoms with van der Waals surface area (Å²) in [4.78, 5) is 10.7. The molecule has 0 aromatic carbocycles. The van der Waals surface area contributed by atoms with Gasteiger partial charge in [-0.05, 0) is 36.7 Å². The number of hydrogen-bond acceptors (Lipinski definition) is 3. The van der Waals surface area contributed by atoms with E-state index in [0.717, 1.165) is 24.5 Å². The van der Waals surface area contributed by atoms with E-state index in [-0.39, 0.29) is 5.91 Å². The molecule has 0 aromatic heterocycles. The molecule has 3 nitrogen and oxygen atoms in total. The third-order valence-electron chi connectivity index (χ3n) is 1.94. The van der Waals surface area contributed by atoms with Crippen molar-refractivity contribution in [2.45, 2.75) is 39.5 Å². The van der Waals surface area contributed by atoms with E-state index < -0.39 is 0 Å². The molecule has 0 unspecified atom stereocenters. The number of nitrogens with one attached hydrogen (secondary N) is 1. The highest BCUT2D eigenvalue weighted by atomic mass is 32.2. The van der Waals surface area contributed by atoms with Gasteiger partial charge in [0.1, 0.15) is 0 Å². The van der Waals surface area contributed by atoms with Crippen molar-refractivity contribution >= 4 is 17.7 Å². The predicted molar refractivity (Wildman–Crippen MR) is 63.0 cm³/mol. The van der Waals surface area contributed by atoms with Crippen molar-refractivity contribution in [2.24, 2.45) is 11.8 Å². The van der Waals surface area contributed by atoms with E-state index in [1.807, 2.05) is 11.8 Å². The zero-order valence-electron chi connectivity index (χ0n) is 9.21. The largest absolute Gasteiger partial charge is 0.294 e. The topological polar surface area (TPSA) is 55.1 Å². The number of amides is 1. The van der Waals surface area contributed by atoms with E-state index in [4.69, 9.17) is 5.84 Å². The van der Waals surface area contributed by atoms with Crippen molar-refractivity contribution in [3.8, 4) is 0 Å². The van der Waals surface area contributed by atoms with Crippen LogP contribution in [0.15, 0.2) is 0 Å². The van der Waals surface area contributed by atoms with Crippen molar-refractivity contribution in [3.05, 3.63) is 0 Å². The number of carbonyl (C=O) groups is 1. The van der Waals surface area contributed by atoms with Gasteiger partial charge in [0.2, 0.25) is 5.91 Å². The summed E-state index contributed by atoms with van der Waals surface area (Å²) in [7, 11) is 0. The van der Waals surface area contributed by atoms with Crippen LogP contribution in [-0.2, 0) is 4.79 Å². The Morgan fingerprint density at radius 2 is 2.07 bits per heavy atom. The molecular formula is C10H22N2OS. The monoisotopic (exact) mass is 218 g/mol. The Morgan fingerprint density at radius 1 is 1.36 bits per heavy atom. The lowest BCUT2D eigenvalue weighted by molar-refractivity contribution is -0.121. The first-order valence-electron chi connectivity index (χ1n) is 5.24. The van der Waals surface area contributed by atoms with Crippen molar-refractivity contribution in [2.75, 3.05) is 11.5 Å². The third-order valence-corrected chi connectivity index (χ3v) is 3.04. The van der Waals surface area contributed by atoms with Crippen molar-refractivity contribution in [1.82, 2.24) is 5.43 Å². The van der Waals surface area contributed by atoms with Crippen molar-refractivity contribution in [3.63, 3.8) is 0 Å². The molecule has 0 saturated carbocycles. The van der Waals surface area contributed by atoms with Crippen LogP contribution < -0.4 is 11.3 Å². The normalized spacial score (nSPS) is 10.6. The van der Waals surface area contributed by atoms with E-state index in [9.17, 15) is 4.79 Å². The van der Waals surface area contributed by atoms with E-state index in [1.165, 1.54) is 12.2 Å². The summed E-state index contributed by atoms with van der Waals surface area (Å²) in [5.41, 5.74) is 2.14. The number of nitrogens with two attached hydrogens (primary N) is 1. The lowest BCUT2D eigenvalue weighted by Crippen LogP contribution is -2.29. The van der Waals surface area contributed by atoms with Gasteiger partial charge >= 0.3 is 0 Å². The molecule has 0 bridgehead atoms. The maximum absolute atomic E-state index is 10.7. The minimum Gasteiger partial charge on any atom is -0.294 e. The minimum absolute atomic E-state index is 0.0582. The van der Waals surface area contributed by atoms with Crippen LogP contribution in [0.2, 0.25) is 0 Å². The standard InChI is InChI=1S/C10H22N2OS/c1-9(2)6-8-14-7-4-3-5-10(13)12-11/h9H,3-8,11H2,1-2H3,(H,12,13). The second-order valence-electron chi connectivity index (χ2n) is 3.82. The van der Waals surface area contributed by atoms with Gasteiger partial charge in [0.25, 0.3) is 0 Å². The summed E-state index contributed by atoms with van der Waals surface area (Å²) in [6.45, 7) is 4.48. The molecule has 0 spiro atoms. The quantitative estimate of drug-likeness (QED) is 0.283. The van der Waals surface area contributed by atoms with Gasteiger partial charge in [-0.2, -0.15) is 11.8 Å². The summed E-state index contributed by atoms with van der Waals surface area (Å²) in [6, 6.07) is 0. The first-order chi connectivity index (χ1) is 6.66. The first kappa shape index (κ1) is 13.8. The first-order valence-corrected chi connectivity index (χ1v) is 6.39. The highest BCUT2D eigenvalue weighted by Gasteiger charge is 1.98. The van der Waals surface area contributed by atoms with Crippen LogP contribution in [0, 0.1) is 5.92 Å². The van der Waals surface area contributed by atoms with Gasteiger partial charge in [0.05, 0.1) is 0 Å². The zero-order chi connectivity index (χ0) is 10.8. The molecule has 0 fully saturated rings. The number of hydrogen-bond donors (Lipinski definition) is 2. The number of unbranched alkanes of at least 4 members (excludes halogenated alkanes) is 1. The Bertz CT molecular complexity index is 151. The maximum atomic E-state index is 10.7. The fourth-order valence-electron chi connectivity index (χ4n) is 0.983. The SMILES string of the molecule is CC(C)CCSCCCCC(=O)NN. The molecule has 0 aliphatic rings. The molecule has 0 aromatic rings. The Balaban J connectivity index is 3.03. The van der Waals surface area contributed by atoms with Crippen LogP contribution in [0.25, 0.3) is 0 Å². The van der Waals surface area contributed by atoms with Gasteiger partial charge in [0.15, 0.2) is 0 Å². The number of carbonyl (C=O) groups excluding carboxylic acids is 1. The van der Waals surface area contributed by atoms with Gasteiger partial charge in [-0.1, -0.05) is 13.8 Å². The smallest absolute Gasteiger partial charge is 0.233 e. The Hall–Kier alpha value is -0.220. The fourth-order valence-corrected chi connectivity index (χ4v) is 2.23. The summed E-state index contributed by atoms with van der Waals surface area (Å²) in [5.74, 6) is 8.10. The van der Waals surface area contributed by atoms with Gasteiger partial charge in [0, 0.05) is 6.42 Å². The lowest BCUT2D eigenvalue weighted by Gasteiger charge is -2.04. The fraction of sp³-hybridized carbons (Fsp3) is 0.900. The van der Waals surface area contributed by atoms with Crippen LogP contribution in [0.4, 0.5) is 0 Å². The van der Waals surface area contributed by atoms with Gasteiger partial charge in [-0.15, -0.1) is 0 Å². The molecule has 0 rings (SSSR count). The average molecular weight is 218 g/mol. The summed E-state index contributed by atoms with van der Waals surface area (Å²) in [6.07, 6.45) is 3.89. The summed E-state index contributed by atoms with van der Waals surface area (Å²) < 4.78 is 0. The highest BCUT2D eigenvalue weighted by Crippen LogP contribution is 2.11.